The van der Waals surface area contributed by atoms with E-state index in [-0.39, 0.29) is 29.5 Å². The molecule has 0 saturated heterocycles. The van der Waals surface area contributed by atoms with Gasteiger partial charge in [0.2, 0.25) is 5.91 Å². The van der Waals surface area contributed by atoms with Crippen LogP contribution in [0.2, 0.25) is 0 Å². The van der Waals surface area contributed by atoms with Crippen molar-refractivity contribution < 1.29 is 23.9 Å². The van der Waals surface area contributed by atoms with Gasteiger partial charge in [-0.25, -0.2) is 4.79 Å². The predicted octanol–water partition coefficient (Wildman–Crippen LogP) is 1.98. The molecule has 9 nitrogen and oxygen atoms in total. The number of carbonyl (C=O) groups is 4. The normalized spacial score (nSPS) is 12.1. The lowest BCUT2D eigenvalue weighted by Crippen LogP contribution is -2.36. The summed E-state index contributed by atoms with van der Waals surface area (Å²) in [5.41, 5.74) is 2.66. The Balaban J connectivity index is 1.83. The van der Waals surface area contributed by atoms with Crippen LogP contribution in [0.1, 0.15) is 23.0 Å². The van der Waals surface area contributed by atoms with Gasteiger partial charge in [0.1, 0.15) is 17.1 Å². The van der Waals surface area contributed by atoms with E-state index in [1.54, 1.807) is 18.2 Å². The van der Waals surface area contributed by atoms with Crippen LogP contribution in [0.3, 0.4) is 0 Å². The topological polar surface area (TPSA) is 118 Å². The summed E-state index contributed by atoms with van der Waals surface area (Å²) in [6, 6.07) is 8.91. The van der Waals surface area contributed by atoms with E-state index in [9.17, 15) is 19.2 Å². The third kappa shape index (κ3) is 4.35. The Labute approximate surface area is 178 Å². The molecule has 9 heteroatoms. The quantitative estimate of drug-likeness (QED) is 0.545. The maximum absolute atomic E-state index is 12.8. The van der Waals surface area contributed by atoms with E-state index in [0.717, 1.165) is 18.2 Å². The van der Waals surface area contributed by atoms with Gasteiger partial charge in [-0.3, -0.25) is 24.3 Å². The first kappa shape index (κ1) is 21.4. The van der Waals surface area contributed by atoms with Crippen LogP contribution >= 0.6 is 0 Å². The number of methoxy groups -OCH3 is 1. The molecule has 2 N–H and O–H groups in total. The van der Waals surface area contributed by atoms with Crippen molar-refractivity contribution in [2.24, 2.45) is 0 Å². The Morgan fingerprint density at radius 1 is 1.13 bits per heavy atom. The van der Waals surface area contributed by atoms with E-state index in [0.29, 0.717) is 11.3 Å². The van der Waals surface area contributed by atoms with E-state index in [2.05, 4.69) is 33.5 Å². The molecule has 2 aromatic rings. The molecule has 1 aromatic carbocycles. The molecule has 0 atom stereocenters. The Hall–Kier alpha value is -4.27. The first-order valence-electron chi connectivity index (χ1n) is 9.18. The molecular formula is C22H20N4O5. The minimum atomic E-state index is -0.802. The van der Waals surface area contributed by atoms with Crippen molar-refractivity contribution >= 4 is 29.4 Å². The molecule has 1 aliphatic heterocycles. The zero-order valence-electron chi connectivity index (χ0n) is 17.0. The fourth-order valence-corrected chi connectivity index (χ4v) is 3.13. The van der Waals surface area contributed by atoms with Crippen LogP contribution in [-0.4, -0.2) is 40.7 Å². The minimum absolute atomic E-state index is 0.0851. The van der Waals surface area contributed by atoms with Crippen LogP contribution in [0.25, 0.3) is 11.1 Å². The second-order valence-corrected chi connectivity index (χ2v) is 6.71. The predicted molar refractivity (Wildman–Crippen MR) is 112 cm³/mol. The highest BCUT2D eigenvalue weighted by molar-refractivity contribution is 6.07. The van der Waals surface area contributed by atoms with E-state index < -0.39 is 17.8 Å². The Morgan fingerprint density at radius 3 is 2.42 bits per heavy atom. The van der Waals surface area contributed by atoms with Crippen LogP contribution in [0, 0.1) is 0 Å². The van der Waals surface area contributed by atoms with Gasteiger partial charge >= 0.3 is 5.97 Å². The zero-order valence-corrected chi connectivity index (χ0v) is 17.0. The fraction of sp³-hybridized carbons (Fsp3) is 0.136. The molecule has 0 radical (unpaired) electrons. The first-order chi connectivity index (χ1) is 14.7. The van der Waals surface area contributed by atoms with Crippen LogP contribution in [0.15, 0.2) is 61.1 Å². The number of benzene rings is 1. The number of anilines is 1. The van der Waals surface area contributed by atoms with Crippen molar-refractivity contribution in [1.29, 1.82) is 0 Å². The smallest absolute Gasteiger partial charge is 0.353 e. The zero-order chi connectivity index (χ0) is 22.7. The number of rotatable bonds is 6. The summed E-state index contributed by atoms with van der Waals surface area (Å²) in [5, 5.41) is 4.96. The summed E-state index contributed by atoms with van der Waals surface area (Å²) >= 11 is 0. The molecule has 0 fully saturated rings. The SMILES string of the molecule is C=C(NC(=O)C(=C)N1Cc2c(-c3ccc(NC(C)=O)cc3)ccnc2C1=O)C(=O)OC. The molecule has 1 aliphatic rings. The van der Waals surface area contributed by atoms with Crippen LogP contribution in [0.4, 0.5) is 5.69 Å². The molecule has 0 saturated carbocycles. The van der Waals surface area contributed by atoms with E-state index in [1.807, 2.05) is 12.1 Å². The Kier molecular flexibility index (Phi) is 5.96. The highest BCUT2D eigenvalue weighted by Gasteiger charge is 2.35. The number of nitrogens with zero attached hydrogens (tertiary/aromatic N) is 2. The monoisotopic (exact) mass is 420 g/mol. The number of amides is 3. The molecule has 0 unspecified atom stereocenters. The van der Waals surface area contributed by atoms with Crippen molar-refractivity contribution in [2.45, 2.75) is 13.5 Å². The van der Waals surface area contributed by atoms with Gasteiger partial charge < -0.3 is 15.4 Å². The Bertz CT molecular complexity index is 1120. The van der Waals surface area contributed by atoms with Gasteiger partial charge in [-0.05, 0) is 29.3 Å². The fourth-order valence-electron chi connectivity index (χ4n) is 3.13. The molecule has 3 rings (SSSR count). The number of fused-ring (bicyclic) bond motifs is 1. The van der Waals surface area contributed by atoms with Crippen LogP contribution < -0.4 is 10.6 Å². The third-order valence-corrected chi connectivity index (χ3v) is 4.62. The number of aromatic nitrogens is 1. The number of hydrogen-bond acceptors (Lipinski definition) is 6. The third-order valence-electron chi connectivity index (χ3n) is 4.62. The van der Waals surface area contributed by atoms with Gasteiger partial charge in [-0.15, -0.1) is 0 Å². The van der Waals surface area contributed by atoms with E-state index in [1.165, 1.54) is 18.0 Å². The van der Waals surface area contributed by atoms with Crippen LogP contribution in [0.5, 0.6) is 0 Å². The minimum Gasteiger partial charge on any atom is -0.464 e. The summed E-state index contributed by atoms with van der Waals surface area (Å²) in [4.78, 5) is 53.2. The van der Waals surface area contributed by atoms with Gasteiger partial charge in [0.05, 0.1) is 13.7 Å². The average Bonchev–Trinajstić information content (AvgIpc) is 3.09. The largest absolute Gasteiger partial charge is 0.464 e. The molecule has 0 spiro atoms. The summed E-state index contributed by atoms with van der Waals surface area (Å²) in [5.74, 6) is -2.21. The molecule has 2 heterocycles. The average molecular weight is 420 g/mol. The summed E-state index contributed by atoms with van der Waals surface area (Å²) in [6.07, 6.45) is 1.51. The molecular weight excluding hydrogens is 400 g/mol. The highest BCUT2D eigenvalue weighted by atomic mass is 16.5. The number of pyridine rings is 1. The lowest BCUT2D eigenvalue weighted by Gasteiger charge is -2.18. The Morgan fingerprint density at radius 2 is 1.81 bits per heavy atom. The van der Waals surface area contributed by atoms with Crippen LogP contribution in [-0.2, 0) is 25.7 Å². The van der Waals surface area contributed by atoms with E-state index in [4.69, 9.17) is 0 Å². The number of carbonyl (C=O) groups excluding carboxylic acids is 4. The molecule has 158 valence electrons. The van der Waals surface area contributed by atoms with Gasteiger partial charge in [0, 0.05) is 24.4 Å². The maximum atomic E-state index is 12.8. The van der Waals surface area contributed by atoms with Gasteiger partial charge in [0.25, 0.3) is 11.8 Å². The van der Waals surface area contributed by atoms with E-state index >= 15 is 0 Å². The van der Waals surface area contributed by atoms with Crippen molar-refractivity contribution in [3.8, 4) is 11.1 Å². The summed E-state index contributed by atoms with van der Waals surface area (Å²) in [6.45, 7) is 8.61. The summed E-state index contributed by atoms with van der Waals surface area (Å²) in [7, 11) is 1.16. The maximum Gasteiger partial charge on any atom is 0.353 e. The lowest BCUT2D eigenvalue weighted by molar-refractivity contribution is -0.137. The van der Waals surface area contributed by atoms with Crippen molar-refractivity contribution in [3.63, 3.8) is 0 Å². The number of esters is 1. The molecule has 31 heavy (non-hydrogen) atoms. The first-order valence-corrected chi connectivity index (χ1v) is 9.18. The van der Waals surface area contributed by atoms with Crippen molar-refractivity contribution in [2.75, 3.05) is 12.4 Å². The lowest BCUT2D eigenvalue weighted by atomic mass is 10.00. The standard InChI is InChI=1S/C22H20N4O5/c1-12(22(30)31-4)24-20(28)13(2)26-11-18-17(9-10-23-19(18)21(26)29)15-5-7-16(8-6-15)25-14(3)27/h5-10H,1-2,11H2,3-4H3,(H,24,28)(H,25,27). The highest BCUT2D eigenvalue weighted by Crippen LogP contribution is 2.33. The van der Waals surface area contributed by atoms with Gasteiger partial charge in [0.15, 0.2) is 0 Å². The molecule has 3 amide bonds. The number of nitrogens with one attached hydrogen (secondary N) is 2. The second-order valence-electron chi connectivity index (χ2n) is 6.71. The second kappa shape index (κ2) is 8.62. The molecule has 0 aliphatic carbocycles. The molecule has 0 bridgehead atoms. The number of hydrogen-bond donors (Lipinski definition) is 2. The molecule has 1 aromatic heterocycles. The number of ether oxygens (including phenoxy) is 1. The summed E-state index contributed by atoms with van der Waals surface area (Å²) < 4.78 is 4.49. The van der Waals surface area contributed by atoms with Gasteiger partial charge in [-0.2, -0.15) is 0 Å². The van der Waals surface area contributed by atoms with Crippen molar-refractivity contribution in [3.05, 3.63) is 72.3 Å². The van der Waals surface area contributed by atoms with Crippen molar-refractivity contribution in [1.82, 2.24) is 15.2 Å². The van der Waals surface area contributed by atoms with Gasteiger partial charge in [-0.1, -0.05) is 25.3 Å².